The molecule has 0 aliphatic carbocycles. The Morgan fingerprint density at radius 2 is 2.37 bits per heavy atom. The topological polar surface area (TPSA) is 75.8 Å². The van der Waals surface area contributed by atoms with Crippen molar-refractivity contribution >= 4 is 11.7 Å². The quantitative estimate of drug-likeness (QED) is 0.793. The second-order valence-electron chi connectivity index (χ2n) is 4.97. The lowest BCUT2D eigenvalue weighted by Gasteiger charge is -2.19. The van der Waals surface area contributed by atoms with E-state index in [1.807, 2.05) is 0 Å². The van der Waals surface area contributed by atoms with Crippen molar-refractivity contribution in [3.05, 3.63) is 23.8 Å². The first-order valence-electron chi connectivity index (χ1n) is 6.54. The molecule has 0 amide bonds. The molecule has 0 saturated carbocycles. The SMILES string of the molecule is CN1CCCC1CCOc1ccc(N)c(C(=O)O)c1. The maximum Gasteiger partial charge on any atom is 0.337 e. The number of rotatable bonds is 5. The Labute approximate surface area is 113 Å². The van der Waals surface area contributed by atoms with Gasteiger partial charge in [0.2, 0.25) is 0 Å². The Kier molecular flexibility index (Phi) is 4.27. The highest BCUT2D eigenvalue weighted by Crippen LogP contribution is 2.21. The minimum Gasteiger partial charge on any atom is -0.494 e. The van der Waals surface area contributed by atoms with Gasteiger partial charge >= 0.3 is 5.97 Å². The van der Waals surface area contributed by atoms with E-state index in [0.29, 0.717) is 18.4 Å². The molecule has 0 aromatic heterocycles. The van der Waals surface area contributed by atoms with Crippen molar-refractivity contribution in [2.75, 3.05) is 25.9 Å². The van der Waals surface area contributed by atoms with Gasteiger partial charge in [-0.05, 0) is 51.1 Å². The molecule has 1 aliphatic heterocycles. The Bertz CT molecular complexity index is 462. The van der Waals surface area contributed by atoms with Gasteiger partial charge in [0, 0.05) is 11.7 Å². The molecular formula is C14H20N2O3. The zero-order valence-electron chi connectivity index (χ0n) is 11.1. The van der Waals surface area contributed by atoms with Crippen LogP contribution in [0.1, 0.15) is 29.6 Å². The third-order valence-corrected chi connectivity index (χ3v) is 3.65. The molecule has 104 valence electrons. The average Bonchev–Trinajstić information content (AvgIpc) is 2.77. The minimum absolute atomic E-state index is 0.0930. The molecule has 1 atom stereocenters. The molecule has 1 saturated heterocycles. The van der Waals surface area contributed by atoms with E-state index in [9.17, 15) is 4.79 Å². The number of likely N-dealkylation sites (tertiary alicyclic amines) is 1. The van der Waals surface area contributed by atoms with Crippen molar-refractivity contribution in [1.82, 2.24) is 4.90 Å². The minimum atomic E-state index is -1.03. The monoisotopic (exact) mass is 264 g/mol. The van der Waals surface area contributed by atoms with Crippen molar-refractivity contribution in [3.8, 4) is 5.75 Å². The van der Waals surface area contributed by atoms with Crippen LogP contribution in [0, 0.1) is 0 Å². The molecule has 1 fully saturated rings. The molecule has 1 aromatic rings. The molecule has 0 radical (unpaired) electrons. The van der Waals surface area contributed by atoms with Crippen LogP contribution in [0.25, 0.3) is 0 Å². The number of aromatic carboxylic acids is 1. The summed E-state index contributed by atoms with van der Waals surface area (Å²) in [5.74, 6) is -0.467. The number of benzene rings is 1. The molecule has 1 aliphatic rings. The predicted molar refractivity (Wildman–Crippen MR) is 73.6 cm³/mol. The van der Waals surface area contributed by atoms with Gasteiger partial charge in [-0.15, -0.1) is 0 Å². The summed E-state index contributed by atoms with van der Waals surface area (Å²) in [6.07, 6.45) is 3.41. The Morgan fingerprint density at radius 1 is 1.58 bits per heavy atom. The molecule has 1 heterocycles. The van der Waals surface area contributed by atoms with Crippen LogP contribution in [-0.4, -0.2) is 42.2 Å². The molecule has 5 nitrogen and oxygen atoms in total. The van der Waals surface area contributed by atoms with Crippen LogP contribution < -0.4 is 10.5 Å². The van der Waals surface area contributed by atoms with E-state index in [4.69, 9.17) is 15.6 Å². The van der Waals surface area contributed by atoms with Crippen LogP contribution in [0.4, 0.5) is 5.69 Å². The van der Waals surface area contributed by atoms with Crippen LogP contribution in [0.15, 0.2) is 18.2 Å². The van der Waals surface area contributed by atoms with E-state index in [-0.39, 0.29) is 11.3 Å². The Morgan fingerprint density at radius 3 is 3.00 bits per heavy atom. The van der Waals surface area contributed by atoms with Gasteiger partial charge < -0.3 is 20.5 Å². The molecule has 2 rings (SSSR count). The average molecular weight is 264 g/mol. The number of carboxylic acids is 1. The maximum absolute atomic E-state index is 11.0. The third kappa shape index (κ3) is 3.38. The highest BCUT2D eigenvalue weighted by Gasteiger charge is 2.20. The Hall–Kier alpha value is -1.75. The summed E-state index contributed by atoms with van der Waals surface area (Å²) in [5.41, 5.74) is 5.95. The lowest BCUT2D eigenvalue weighted by Crippen LogP contribution is -2.26. The summed E-state index contributed by atoms with van der Waals surface area (Å²) < 4.78 is 5.62. The zero-order valence-corrected chi connectivity index (χ0v) is 11.1. The van der Waals surface area contributed by atoms with E-state index in [0.717, 1.165) is 13.0 Å². The second-order valence-corrected chi connectivity index (χ2v) is 4.97. The number of hydrogen-bond donors (Lipinski definition) is 2. The number of nitrogens with two attached hydrogens (primary N) is 1. The molecule has 3 N–H and O–H groups in total. The lowest BCUT2D eigenvalue weighted by molar-refractivity contribution is 0.0697. The first kappa shape index (κ1) is 13.7. The summed E-state index contributed by atoms with van der Waals surface area (Å²) in [6.45, 7) is 1.74. The molecule has 0 bridgehead atoms. The number of carbonyl (C=O) groups is 1. The van der Waals surface area contributed by atoms with Crippen LogP contribution in [0.3, 0.4) is 0 Å². The number of nitrogen functional groups attached to an aromatic ring is 1. The molecular weight excluding hydrogens is 244 g/mol. The van der Waals surface area contributed by atoms with Crippen molar-refractivity contribution < 1.29 is 14.6 Å². The molecule has 1 unspecified atom stereocenters. The lowest BCUT2D eigenvalue weighted by atomic mass is 10.1. The van der Waals surface area contributed by atoms with Gasteiger partial charge in [-0.25, -0.2) is 4.79 Å². The largest absolute Gasteiger partial charge is 0.494 e. The van der Waals surface area contributed by atoms with E-state index < -0.39 is 5.97 Å². The van der Waals surface area contributed by atoms with Gasteiger partial charge in [0.25, 0.3) is 0 Å². The van der Waals surface area contributed by atoms with Crippen LogP contribution >= 0.6 is 0 Å². The smallest absolute Gasteiger partial charge is 0.337 e. The first-order chi connectivity index (χ1) is 9.08. The number of carboxylic acid groups (broad SMARTS) is 1. The summed E-state index contributed by atoms with van der Waals surface area (Å²) in [6, 6.07) is 5.34. The first-order valence-corrected chi connectivity index (χ1v) is 6.54. The van der Waals surface area contributed by atoms with Crippen LogP contribution in [0.5, 0.6) is 5.75 Å². The summed E-state index contributed by atoms with van der Waals surface area (Å²) in [5, 5.41) is 8.98. The van der Waals surface area contributed by atoms with E-state index in [1.54, 1.807) is 12.1 Å². The highest BCUT2D eigenvalue weighted by atomic mass is 16.5. The third-order valence-electron chi connectivity index (χ3n) is 3.65. The van der Waals surface area contributed by atoms with Crippen molar-refractivity contribution in [2.45, 2.75) is 25.3 Å². The fourth-order valence-electron chi connectivity index (χ4n) is 2.47. The number of ether oxygens (including phenoxy) is 1. The standard InChI is InChI=1S/C14H20N2O3/c1-16-7-2-3-10(16)6-8-19-11-4-5-13(15)12(9-11)14(17)18/h4-5,9-10H,2-3,6-8,15H2,1H3,(H,17,18). The molecule has 0 spiro atoms. The number of anilines is 1. The fraction of sp³-hybridized carbons (Fsp3) is 0.500. The van der Waals surface area contributed by atoms with Crippen molar-refractivity contribution in [1.29, 1.82) is 0 Å². The molecule has 1 aromatic carbocycles. The van der Waals surface area contributed by atoms with E-state index in [1.165, 1.54) is 18.9 Å². The maximum atomic E-state index is 11.0. The fourth-order valence-corrected chi connectivity index (χ4v) is 2.47. The molecule has 19 heavy (non-hydrogen) atoms. The van der Waals surface area contributed by atoms with Gasteiger partial charge in [-0.2, -0.15) is 0 Å². The van der Waals surface area contributed by atoms with Gasteiger partial charge in [-0.3, -0.25) is 0 Å². The second kappa shape index (κ2) is 5.93. The van der Waals surface area contributed by atoms with Crippen LogP contribution in [0.2, 0.25) is 0 Å². The normalized spacial score (nSPS) is 19.5. The summed E-state index contributed by atoms with van der Waals surface area (Å²) >= 11 is 0. The van der Waals surface area contributed by atoms with E-state index >= 15 is 0 Å². The van der Waals surface area contributed by atoms with Crippen molar-refractivity contribution in [3.63, 3.8) is 0 Å². The van der Waals surface area contributed by atoms with Gasteiger partial charge in [0.15, 0.2) is 0 Å². The molecule has 5 heteroatoms. The van der Waals surface area contributed by atoms with E-state index in [2.05, 4.69) is 11.9 Å². The van der Waals surface area contributed by atoms with Gasteiger partial charge in [-0.1, -0.05) is 0 Å². The van der Waals surface area contributed by atoms with Gasteiger partial charge in [0.05, 0.1) is 12.2 Å². The zero-order chi connectivity index (χ0) is 13.8. The van der Waals surface area contributed by atoms with Crippen molar-refractivity contribution in [2.24, 2.45) is 0 Å². The predicted octanol–water partition coefficient (Wildman–Crippen LogP) is 1.83. The van der Waals surface area contributed by atoms with Crippen LogP contribution in [-0.2, 0) is 0 Å². The van der Waals surface area contributed by atoms with Gasteiger partial charge in [0.1, 0.15) is 5.75 Å². The Balaban J connectivity index is 1.89. The summed E-state index contributed by atoms with van der Waals surface area (Å²) in [7, 11) is 2.13. The number of nitrogens with zero attached hydrogens (tertiary/aromatic N) is 1. The number of hydrogen-bond acceptors (Lipinski definition) is 4. The highest BCUT2D eigenvalue weighted by molar-refractivity contribution is 5.94. The summed E-state index contributed by atoms with van der Waals surface area (Å²) in [4.78, 5) is 13.3.